The van der Waals surface area contributed by atoms with Crippen molar-refractivity contribution < 1.29 is 41.5 Å². The molecule has 0 aliphatic heterocycles. The maximum atomic E-state index is 14.0. The van der Waals surface area contributed by atoms with Crippen LogP contribution < -0.4 is 15.3 Å². The van der Waals surface area contributed by atoms with Crippen LogP contribution in [-0.4, -0.2) is 45.6 Å². The van der Waals surface area contributed by atoms with Crippen LogP contribution in [0.15, 0.2) is 12.1 Å². The van der Waals surface area contributed by atoms with Crippen LogP contribution in [0.3, 0.4) is 0 Å². The summed E-state index contributed by atoms with van der Waals surface area (Å²) in [6, 6.07) is 3.16. The molecular weight excluding hydrogens is 458 g/mol. The van der Waals surface area contributed by atoms with E-state index in [4.69, 9.17) is 27.6 Å². The van der Waals surface area contributed by atoms with Crippen molar-refractivity contribution in [1.82, 2.24) is 0 Å². The first-order valence-electron chi connectivity index (χ1n) is 10.6. The average Bonchev–Trinajstić information content (AvgIpc) is 2.70. The predicted octanol–water partition coefficient (Wildman–Crippen LogP) is 4.36. The van der Waals surface area contributed by atoms with Crippen LogP contribution >= 0.6 is 15.2 Å². The Balaban J connectivity index is 3.90. The van der Waals surface area contributed by atoms with Crippen LogP contribution in [-0.2, 0) is 43.2 Å². The van der Waals surface area contributed by atoms with Gasteiger partial charge in [0.25, 0.3) is 0 Å². The molecule has 0 saturated carbocycles. The van der Waals surface area contributed by atoms with Crippen molar-refractivity contribution in [2.75, 3.05) is 27.4 Å². The van der Waals surface area contributed by atoms with Crippen LogP contribution in [0.25, 0.3) is 0 Å². The highest BCUT2D eigenvalue weighted by Gasteiger charge is 2.43. The second kappa shape index (κ2) is 12.9. The standard InChI is InChI=1S/C21H36O9P2/c1-9-27-32(24,28-10-2)21-18(31(23,29-15(3)4)30-16(5)6)13-11-17(20(21)26-8)12-14-19(22)25-7/h11,13,15-16H,9-10,12,14H2,1-8H3. The maximum Gasteiger partial charge on any atom is 0.366 e. The molecule has 0 bridgehead atoms. The first kappa shape index (κ1) is 28.8. The summed E-state index contributed by atoms with van der Waals surface area (Å²) in [6.45, 7) is 10.4. The fourth-order valence-electron chi connectivity index (χ4n) is 3.05. The van der Waals surface area contributed by atoms with Crippen molar-refractivity contribution in [3.8, 4) is 5.75 Å². The van der Waals surface area contributed by atoms with E-state index in [1.807, 2.05) is 0 Å². The van der Waals surface area contributed by atoms with Gasteiger partial charge in [0.15, 0.2) is 0 Å². The van der Waals surface area contributed by atoms with E-state index in [1.165, 1.54) is 20.3 Å². The van der Waals surface area contributed by atoms with Crippen LogP contribution in [0.1, 0.15) is 53.5 Å². The van der Waals surface area contributed by atoms with E-state index in [1.54, 1.807) is 47.6 Å². The second-order valence-corrected chi connectivity index (χ2v) is 11.2. The molecule has 0 radical (unpaired) electrons. The Kier molecular flexibility index (Phi) is 11.6. The smallest absolute Gasteiger partial charge is 0.366 e. The summed E-state index contributed by atoms with van der Waals surface area (Å²) >= 11 is 0. The summed E-state index contributed by atoms with van der Waals surface area (Å²) in [5, 5.41) is 0.0273. The van der Waals surface area contributed by atoms with Crippen molar-refractivity contribution in [2.24, 2.45) is 0 Å². The normalized spacial score (nSPS) is 12.4. The summed E-state index contributed by atoms with van der Waals surface area (Å²) in [5.74, 6) is -0.260. The van der Waals surface area contributed by atoms with Gasteiger partial charge in [-0.25, -0.2) is 0 Å². The molecule has 0 aromatic heterocycles. The van der Waals surface area contributed by atoms with Crippen LogP contribution in [0.2, 0.25) is 0 Å². The third-order valence-corrected chi connectivity index (χ3v) is 8.81. The molecule has 0 amide bonds. The topological polar surface area (TPSA) is 107 Å². The van der Waals surface area contributed by atoms with Gasteiger partial charge in [-0.2, -0.15) is 0 Å². The Morgan fingerprint density at radius 3 is 1.84 bits per heavy atom. The van der Waals surface area contributed by atoms with Gasteiger partial charge in [0.05, 0.1) is 44.9 Å². The Morgan fingerprint density at radius 2 is 1.44 bits per heavy atom. The number of aryl methyl sites for hydroxylation is 1. The molecule has 0 aliphatic rings. The number of ether oxygens (including phenoxy) is 2. The SMILES string of the molecule is CCOP(=O)(OCC)c1c(P(=O)(OC(C)C)OC(C)C)ccc(CCC(=O)OC)c1OC. The minimum atomic E-state index is -4.00. The zero-order chi connectivity index (χ0) is 24.5. The summed E-state index contributed by atoms with van der Waals surface area (Å²) < 4.78 is 60.9. The molecule has 0 spiro atoms. The molecule has 0 unspecified atom stereocenters. The molecule has 0 fully saturated rings. The first-order chi connectivity index (χ1) is 15.0. The van der Waals surface area contributed by atoms with E-state index in [0.29, 0.717) is 5.56 Å². The molecule has 0 aliphatic carbocycles. The van der Waals surface area contributed by atoms with E-state index in [9.17, 15) is 13.9 Å². The lowest BCUT2D eigenvalue weighted by Gasteiger charge is -2.29. The van der Waals surface area contributed by atoms with Gasteiger partial charge in [-0.05, 0) is 59.6 Å². The minimum absolute atomic E-state index is 0.0179. The highest BCUT2D eigenvalue weighted by atomic mass is 31.2. The number of methoxy groups -OCH3 is 2. The monoisotopic (exact) mass is 494 g/mol. The summed E-state index contributed by atoms with van der Waals surface area (Å²) in [4.78, 5) is 11.7. The van der Waals surface area contributed by atoms with E-state index in [-0.39, 0.29) is 42.4 Å². The molecule has 0 saturated heterocycles. The molecule has 1 aromatic carbocycles. The molecule has 0 atom stereocenters. The van der Waals surface area contributed by atoms with Crippen molar-refractivity contribution in [3.05, 3.63) is 17.7 Å². The lowest BCUT2D eigenvalue weighted by atomic mass is 10.1. The molecule has 0 heterocycles. The van der Waals surface area contributed by atoms with Gasteiger partial charge < -0.3 is 27.6 Å². The molecule has 184 valence electrons. The fraction of sp³-hybridized carbons (Fsp3) is 0.667. The number of carbonyl (C=O) groups excluding carboxylic acids is 1. The number of hydrogen-bond donors (Lipinski definition) is 0. The van der Waals surface area contributed by atoms with Gasteiger partial charge >= 0.3 is 21.2 Å². The number of rotatable bonds is 14. The lowest BCUT2D eigenvalue weighted by Crippen LogP contribution is -2.32. The fourth-order valence-corrected chi connectivity index (χ4v) is 7.64. The Morgan fingerprint density at radius 1 is 0.906 bits per heavy atom. The molecule has 32 heavy (non-hydrogen) atoms. The van der Waals surface area contributed by atoms with E-state index >= 15 is 0 Å². The molecule has 11 heteroatoms. The average molecular weight is 494 g/mol. The van der Waals surface area contributed by atoms with Gasteiger partial charge in [-0.3, -0.25) is 13.9 Å². The third-order valence-electron chi connectivity index (χ3n) is 4.09. The Hall–Kier alpha value is -1.21. The predicted molar refractivity (Wildman–Crippen MR) is 124 cm³/mol. The van der Waals surface area contributed by atoms with Crippen LogP contribution in [0.4, 0.5) is 0 Å². The zero-order valence-electron chi connectivity index (χ0n) is 20.2. The lowest BCUT2D eigenvalue weighted by molar-refractivity contribution is -0.140. The summed E-state index contributed by atoms with van der Waals surface area (Å²) in [7, 11) is -5.28. The second-order valence-electron chi connectivity index (χ2n) is 7.34. The summed E-state index contributed by atoms with van der Waals surface area (Å²) in [6.07, 6.45) is -0.587. The first-order valence-corrected chi connectivity index (χ1v) is 13.7. The molecule has 0 N–H and O–H groups in total. The highest BCUT2D eigenvalue weighted by Crippen LogP contribution is 2.56. The minimum Gasteiger partial charge on any atom is -0.495 e. The zero-order valence-corrected chi connectivity index (χ0v) is 22.0. The Labute approximate surface area is 191 Å². The Bertz CT molecular complexity index is 828. The van der Waals surface area contributed by atoms with Gasteiger partial charge in [0.2, 0.25) is 0 Å². The maximum absolute atomic E-state index is 14.0. The largest absolute Gasteiger partial charge is 0.495 e. The van der Waals surface area contributed by atoms with Crippen LogP contribution in [0, 0.1) is 0 Å². The van der Waals surface area contributed by atoms with Crippen LogP contribution in [0.5, 0.6) is 5.75 Å². The molecule has 9 nitrogen and oxygen atoms in total. The van der Waals surface area contributed by atoms with Crippen molar-refractivity contribution in [2.45, 2.75) is 66.6 Å². The van der Waals surface area contributed by atoms with Crippen molar-refractivity contribution in [3.63, 3.8) is 0 Å². The van der Waals surface area contributed by atoms with E-state index in [2.05, 4.69) is 0 Å². The summed E-state index contributed by atoms with van der Waals surface area (Å²) in [5.41, 5.74) is 0.553. The van der Waals surface area contributed by atoms with Crippen molar-refractivity contribution >= 4 is 31.8 Å². The highest BCUT2D eigenvalue weighted by molar-refractivity contribution is 7.69. The quantitative estimate of drug-likeness (QED) is 0.275. The number of benzene rings is 1. The van der Waals surface area contributed by atoms with E-state index in [0.717, 1.165) is 0 Å². The van der Waals surface area contributed by atoms with Gasteiger partial charge in [-0.1, -0.05) is 6.07 Å². The number of carbonyl (C=O) groups is 1. The number of esters is 1. The third kappa shape index (κ3) is 7.41. The molecule has 1 rings (SSSR count). The van der Waals surface area contributed by atoms with Gasteiger partial charge in [0, 0.05) is 6.42 Å². The number of hydrogen-bond acceptors (Lipinski definition) is 9. The van der Waals surface area contributed by atoms with Gasteiger partial charge in [-0.15, -0.1) is 0 Å². The van der Waals surface area contributed by atoms with Gasteiger partial charge in [0.1, 0.15) is 11.1 Å². The van der Waals surface area contributed by atoms with Crippen molar-refractivity contribution in [1.29, 1.82) is 0 Å². The molecular formula is C21H36O9P2. The molecule has 1 aromatic rings. The van der Waals surface area contributed by atoms with E-state index < -0.39 is 33.4 Å².